The lowest BCUT2D eigenvalue weighted by Crippen LogP contribution is -2.62. The van der Waals surface area contributed by atoms with Gasteiger partial charge in [0.25, 0.3) is 0 Å². The van der Waals surface area contributed by atoms with E-state index in [0.717, 1.165) is 38.5 Å². The summed E-state index contributed by atoms with van der Waals surface area (Å²) in [5.74, 6) is 0.560. The lowest BCUT2D eigenvalue weighted by molar-refractivity contribution is -0.149. The first-order valence-corrected chi connectivity index (χ1v) is 13.7. The van der Waals surface area contributed by atoms with Gasteiger partial charge in [-0.2, -0.15) is 5.10 Å². The molecule has 0 bridgehead atoms. The highest BCUT2D eigenvalue weighted by Gasteiger charge is 2.68. The molecule has 0 saturated heterocycles. The van der Waals surface area contributed by atoms with Crippen molar-refractivity contribution in [3.05, 3.63) is 11.6 Å². The van der Waals surface area contributed by atoms with Crippen LogP contribution in [-0.4, -0.2) is 53.1 Å². The normalized spacial score (nSPS) is 40.9. The first-order chi connectivity index (χ1) is 17.4. The van der Waals surface area contributed by atoms with Crippen LogP contribution in [0.2, 0.25) is 0 Å². The zero-order valence-corrected chi connectivity index (χ0v) is 23.1. The van der Waals surface area contributed by atoms with Crippen molar-refractivity contribution in [3.8, 4) is 0 Å². The van der Waals surface area contributed by atoms with Gasteiger partial charge in [-0.1, -0.05) is 25.5 Å². The van der Waals surface area contributed by atoms with Gasteiger partial charge in [-0.3, -0.25) is 9.59 Å². The number of ether oxygens (including phenoxy) is 2. The molecule has 9 nitrogen and oxygen atoms in total. The summed E-state index contributed by atoms with van der Waals surface area (Å²) in [4.78, 5) is 35.6. The van der Waals surface area contributed by atoms with Gasteiger partial charge in [0, 0.05) is 25.7 Å². The van der Waals surface area contributed by atoms with Crippen LogP contribution in [-0.2, 0) is 19.1 Å². The number of amides is 2. The molecule has 0 aromatic rings. The standard InChI is InChI=1S/C28H43N3O6/c1-7-36-25(34)31-30-16(2)28(35)24(29-17(3)32)15-23-21-9-8-19-14-20(37-18(4)33)10-12-26(19,5)22(21)11-13-27(23,28)6/h8,20-24,35H,7,9-15H2,1-6H3,(H,29,32)(H,31,34)/t20?,21?,22?,23?,24-,26?,27?,28-/m1/s1. The van der Waals surface area contributed by atoms with Gasteiger partial charge in [-0.15, -0.1) is 0 Å². The Morgan fingerprint density at radius 1 is 1.14 bits per heavy atom. The van der Waals surface area contributed by atoms with E-state index in [2.05, 4.69) is 35.8 Å². The second-order valence-electron chi connectivity index (χ2n) is 12.0. The molecule has 0 aromatic heterocycles. The number of hydrazone groups is 1. The van der Waals surface area contributed by atoms with Crippen LogP contribution >= 0.6 is 0 Å². The summed E-state index contributed by atoms with van der Waals surface area (Å²) < 4.78 is 10.5. The molecular weight excluding hydrogens is 474 g/mol. The molecule has 2 amide bonds. The summed E-state index contributed by atoms with van der Waals surface area (Å²) in [7, 11) is 0. The van der Waals surface area contributed by atoms with E-state index in [-0.39, 0.29) is 35.9 Å². The number of carbonyl (C=O) groups excluding carboxylic acids is 3. The maximum Gasteiger partial charge on any atom is 0.427 e. The molecule has 0 aliphatic heterocycles. The van der Waals surface area contributed by atoms with Crippen LogP contribution in [0.4, 0.5) is 4.79 Å². The number of carbonyl (C=O) groups is 3. The minimum Gasteiger partial charge on any atom is -0.462 e. The van der Waals surface area contributed by atoms with E-state index < -0.39 is 23.2 Å². The summed E-state index contributed by atoms with van der Waals surface area (Å²) in [6.07, 6.45) is 7.57. The van der Waals surface area contributed by atoms with E-state index in [4.69, 9.17) is 9.47 Å². The lowest BCUT2D eigenvalue weighted by Gasteiger charge is -2.59. The molecule has 8 atom stereocenters. The fourth-order valence-electron chi connectivity index (χ4n) is 8.47. The van der Waals surface area contributed by atoms with Crippen LogP contribution in [0.1, 0.15) is 86.5 Å². The van der Waals surface area contributed by atoms with E-state index in [9.17, 15) is 19.5 Å². The van der Waals surface area contributed by atoms with Crippen LogP contribution in [0.5, 0.6) is 0 Å². The maximum atomic E-state index is 12.4. The zero-order valence-electron chi connectivity index (χ0n) is 23.1. The van der Waals surface area contributed by atoms with Crippen LogP contribution in [0.25, 0.3) is 0 Å². The van der Waals surface area contributed by atoms with Crippen molar-refractivity contribution in [2.45, 2.75) is 104 Å². The lowest BCUT2D eigenvalue weighted by atomic mass is 9.46. The highest BCUT2D eigenvalue weighted by atomic mass is 16.6. The quantitative estimate of drug-likeness (QED) is 0.220. The van der Waals surface area contributed by atoms with Crippen molar-refractivity contribution in [3.63, 3.8) is 0 Å². The molecule has 0 aromatic carbocycles. The smallest absolute Gasteiger partial charge is 0.427 e. The van der Waals surface area contributed by atoms with Gasteiger partial charge in [0.2, 0.25) is 5.91 Å². The number of aliphatic hydroxyl groups is 1. The van der Waals surface area contributed by atoms with E-state index in [0.29, 0.717) is 24.0 Å². The number of fused-ring (bicyclic) bond motifs is 5. The largest absolute Gasteiger partial charge is 0.462 e. The second kappa shape index (κ2) is 10.0. The molecule has 3 fully saturated rings. The molecule has 4 aliphatic rings. The number of esters is 1. The molecule has 4 rings (SSSR count). The van der Waals surface area contributed by atoms with Crippen molar-refractivity contribution >= 4 is 23.7 Å². The molecule has 0 spiro atoms. The van der Waals surface area contributed by atoms with Crippen LogP contribution in [0.3, 0.4) is 0 Å². The Labute approximate surface area is 219 Å². The predicted octanol–water partition coefficient (Wildman–Crippen LogP) is 3.85. The Kier molecular flexibility index (Phi) is 7.49. The molecule has 3 saturated carbocycles. The predicted molar refractivity (Wildman–Crippen MR) is 138 cm³/mol. The van der Waals surface area contributed by atoms with Gasteiger partial charge < -0.3 is 19.9 Å². The Hall–Kier alpha value is -2.42. The third-order valence-electron chi connectivity index (χ3n) is 10.2. The molecule has 37 heavy (non-hydrogen) atoms. The van der Waals surface area contributed by atoms with Crippen LogP contribution in [0.15, 0.2) is 16.8 Å². The summed E-state index contributed by atoms with van der Waals surface area (Å²) in [6.45, 7) is 11.1. The number of nitrogens with one attached hydrogen (secondary N) is 2. The SMILES string of the molecule is CCOC(=O)NN=C(C)[C@@]1(O)[C@H](NC(C)=O)CC2C3CC=C4CC(OC(C)=O)CCC4(C)C3CCC21C. The third-order valence-corrected chi connectivity index (χ3v) is 10.2. The first-order valence-electron chi connectivity index (χ1n) is 13.7. The topological polar surface area (TPSA) is 126 Å². The highest BCUT2D eigenvalue weighted by molar-refractivity contribution is 5.94. The summed E-state index contributed by atoms with van der Waals surface area (Å²) in [5, 5.41) is 19.6. The van der Waals surface area contributed by atoms with Crippen molar-refractivity contribution in [1.82, 2.24) is 10.7 Å². The van der Waals surface area contributed by atoms with E-state index >= 15 is 0 Å². The first kappa shape index (κ1) is 27.6. The Bertz CT molecular complexity index is 1010. The molecule has 9 heteroatoms. The maximum absolute atomic E-state index is 12.4. The summed E-state index contributed by atoms with van der Waals surface area (Å²) >= 11 is 0. The van der Waals surface area contributed by atoms with E-state index in [1.54, 1.807) is 13.8 Å². The number of rotatable bonds is 5. The monoisotopic (exact) mass is 517 g/mol. The molecule has 206 valence electrons. The van der Waals surface area contributed by atoms with Gasteiger partial charge in [-0.05, 0) is 75.5 Å². The van der Waals surface area contributed by atoms with E-state index in [1.807, 2.05) is 0 Å². The Morgan fingerprint density at radius 3 is 2.51 bits per heavy atom. The second-order valence-corrected chi connectivity index (χ2v) is 12.0. The highest BCUT2D eigenvalue weighted by Crippen LogP contribution is 2.67. The average molecular weight is 518 g/mol. The fourth-order valence-corrected chi connectivity index (χ4v) is 8.47. The summed E-state index contributed by atoms with van der Waals surface area (Å²) in [6, 6.07) is -0.510. The average Bonchev–Trinajstić information content (AvgIpc) is 3.05. The molecule has 0 heterocycles. The van der Waals surface area contributed by atoms with Crippen molar-refractivity contribution in [2.75, 3.05) is 6.61 Å². The fraction of sp³-hybridized carbons (Fsp3) is 0.786. The van der Waals surface area contributed by atoms with Crippen LogP contribution < -0.4 is 10.7 Å². The molecule has 4 aliphatic carbocycles. The third kappa shape index (κ3) is 4.57. The Balaban J connectivity index is 1.65. The number of allylic oxidation sites excluding steroid dienone is 1. The van der Waals surface area contributed by atoms with E-state index in [1.165, 1.54) is 19.4 Å². The molecule has 0 radical (unpaired) electrons. The van der Waals surface area contributed by atoms with Crippen molar-refractivity contribution in [1.29, 1.82) is 0 Å². The minimum atomic E-state index is -1.41. The van der Waals surface area contributed by atoms with Crippen LogP contribution in [0, 0.1) is 28.6 Å². The van der Waals surface area contributed by atoms with Gasteiger partial charge in [0.1, 0.15) is 11.7 Å². The molecule has 6 unspecified atom stereocenters. The van der Waals surface area contributed by atoms with Gasteiger partial charge in [0.15, 0.2) is 0 Å². The number of hydrogen-bond acceptors (Lipinski definition) is 7. The van der Waals surface area contributed by atoms with Gasteiger partial charge in [0.05, 0.1) is 18.4 Å². The number of nitrogens with zero attached hydrogens (tertiary/aromatic N) is 1. The minimum absolute atomic E-state index is 0.0414. The van der Waals surface area contributed by atoms with Gasteiger partial charge in [-0.25, -0.2) is 10.2 Å². The summed E-state index contributed by atoms with van der Waals surface area (Å²) in [5.41, 5.74) is 2.28. The Morgan fingerprint density at radius 2 is 1.86 bits per heavy atom. The van der Waals surface area contributed by atoms with Gasteiger partial charge >= 0.3 is 12.1 Å². The number of hydrogen-bond donors (Lipinski definition) is 3. The molecular formula is C28H43N3O6. The molecule has 3 N–H and O–H groups in total. The van der Waals surface area contributed by atoms with Crippen molar-refractivity contribution in [2.24, 2.45) is 33.7 Å². The zero-order chi connectivity index (χ0) is 27.2. The van der Waals surface area contributed by atoms with Crippen molar-refractivity contribution < 1.29 is 29.0 Å².